The van der Waals surface area contributed by atoms with Gasteiger partial charge < -0.3 is 44.8 Å². The van der Waals surface area contributed by atoms with E-state index in [0.717, 1.165) is 50.5 Å². The molecule has 9 nitrogen and oxygen atoms in total. The molecule has 0 radical (unpaired) electrons. The molecule has 6 N–H and O–H groups in total. The number of allylic oxidation sites excluding steroid dienone is 1. The molecule has 0 aromatic heterocycles. The van der Waals surface area contributed by atoms with Gasteiger partial charge in [0.2, 0.25) is 6.29 Å². The standard InChI is InChI=1S/C39H58O9/c1-4-7-26-13-18-30(19-14-26)47-37-39(45)24-31(28-15-17-29-16-12-27(11-10-25(2)3)22-38(29,44)23-28)32(41)8-6-21-46-33(9-5-20-40)35(48-37)34(42)36(39)43/h4,13-14,18-19,25,27-29,31-37,40-45H,1,5,7-12,15-17,20,22-24H2,2-3H3. The summed E-state index contributed by atoms with van der Waals surface area (Å²) >= 11 is 0. The fourth-order valence-corrected chi connectivity index (χ4v) is 8.89. The summed E-state index contributed by atoms with van der Waals surface area (Å²) in [6.45, 7) is 8.13. The number of benzene rings is 1. The average Bonchev–Trinajstić information content (AvgIpc) is 3.06. The predicted molar refractivity (Wildman–Crippen MR) is 181 cm³/mol. The van der Waals surface area contributed by atoms with Crippen LogP contribution in [0.2, 0.25) is 0 Å². The molecule has 12 atom stereocenters. The molecule has 1 saturated heterocycles. The van der Waals surface area contributed by atoms with Gasteiger partial charge in [0.15, 0.2) is 5.60 Å². The molecule has 1 aromatic carbocycles. The predicted octanol–water partition coefficient (Wildman–Crippen LogP) is 4.24. The SMILES string of the molecule is C=CCc1ccc(OC2OC3C(CCCO)OC#CCC(O)C(C4CCC5CCC(CCC(C)C)CC5(O)C4)CC2(O)C(O)C3O)cc1. The highest BCUT2D eigenvalue weighted by Crippen LogP contribution is 2.52. The van der Waals surface area contributed by atoms with E-state index in [1.165, 1.54) is 0 Å². The maximum Gasteiger partial charge on any atom is 0.232 e. The summed E-state index contributed by atoms with van der Waals surface area (Å²) in [4.78, 5) is 0. The van der Waals surface area contributed by atoms with Crippen LogP contribution in [0.25, 0.3) is 0 Å². The number of hydrogen-bond donors (Lipinski definition) is 6. The van der Waals surface area contributed by atoms with Crippen LogP contribution in [-0.4, -0.2) is 85.3 Å². The van der Waals surface area contributed by atoms with E-state index in [2.05, 4.69) is 32.5 Å². The van der Waals surface area contributed by atoms with Crippen molar-refractivity contribution in [2.24, 2.45) is 29.6 Å². The van der Waals surface area contributed by atoms with E-state index in [-0.39, 0.29) is 37.7 Å². The van der Waals surface area contributed by atoms with Crippen molar-refractivity contribution < 1.29 is 44.8 Å². The number of fused-ring (bicyclic) bond motifs is 9. The van der Waals surface area contributed by atoms with Gasteiger partial charge in [0.1, 0.15) is 36.3 Å². The van der Waals surface area contributed by atoms with Crippen LogP contribution in [0.15, 0.2) is 36.9 Å². The lowest BCUT2D eigenvalue weighted by Crippen LogP contribution is -2.70. The van der Waals surface area contributed by atoms with Crippen LogP contribution in [0.3, 0.4) is 0 Å². The average molecular weight is 671 g/mol. The zero-order valence-electron chi connectivity index (χ0n) is 28.8. The minimum atomic E-state index is -2.12. The van der Waals surface area contributed by atoms with Crippen LogP contribution < -0.4 is 4.74 Å². The number of hydrogen-bond acceptors (Lipinski definition) is 9. The third-order valence-electron chi connectivity index (χ3n) is 11.7. The van der Waals surface area contributed by atoms with Crippen molar-refractivity contribution >= 4 is 0 Å². The first kappa shape index (κ1) is 37.1. The number of aliphatic hydroxyl groups is 6. The van der Waals surface area contributed by atoms with E-state index >= 15 is 0 Å². The van der Waals surface area contributed by atoms with Crippen molar-refractivity contribution in [3.63, 3.8) is 0 Å². The van der Waals surface area contributed by atoms with Crippen molar-refractivity contribution in [2.75, 3.05) is 6.61 Å². The van der Waals surface area contributed by atoms with Crippen molar-refractivity contribution in [1.29, 1.82) is 0 Å². The molecule has 268 valence electrons. The highest BCUT2D eigenvalue weighted by molar-refractivity contribution is 5.29. The van der Waals surface area contributed by atoms with E-state index in [1.54, 1.807) is 18.2 Å². The van der Waals surface area contributed by atoms with E-state index < -0.39 is 53.9 Å². The largest absolute Gasteiger partial charge is 0.462 e. The molecule has 9 heteroatoms. The first-order valence-electron chi connectivity index (χ1n) is 18.2. The summed E-state index contributed by atoms with van der Waals surface area (Å²) < 4.78 is 18.5. The Balaban J connectivity index is 1.46. The van der Waals surface area contributed by atoms with Gasteiger partial charge >= 0.3 is 0 Å². The maximum atomic E-state index is 12.5. The smallest absolute Gasteiger partial charge is 0.232 e. The minimum absolute atomic E-state index is 0.0727. The van der Waals surface area contributed by atoms with Crippen LogP contribution in [0.4, 0.5) is 0 Å². The van der Waals surface area contributed by atoms with Crippen LogP contribution in [0, 0.1) is 41.6 Å². The van der Waals surface area contributed by atoms with Crippen molar-refractivity contribution in [1.82, 2.24) is 0 Å². The molecule has 2 aliphatic carbocycles. The Morgan fingerprint density at radius 3 is 2.48 bits per heavy atom. The van der Waals surface area contributed by atoms with E-state index in [0.29, 0.717) is 36.8 Å². The highest BCUT2D eigenvalue weighted by atomic mass is 16.7. The minimum Gasteiger partial charge on any atom is -0.462 e. The number of ether oxygens (including phenoxy) is 3. The van der Waals surface area contributed by atoms with E-state index in [9.17, 15) is 30.6 Å². The molecule has 2 bridgehead atoms. The van der Waals surface area contributed by atoms with Crippen LogP contribution in [0.1, 0.15) is 96.5 Å². The third-order valence-corrected chi connectivity index (χ3v) is 11.7. The van der Waals surface area contributed by atoms with Gasteiger partial charge in [0, 0.05) is 13.0 Å². The van der Waals surface area contributed by atoms with Crippen molar-refractivity contribution in [3.8, 4) is 17.8 Å². The molecule has 1 aromatic rings. The van der Waals surface area contributed by atoms with Crippen LogP contribution in [-0.2, 0) is 15.9 Å². The Hall–Kier alpha value is -2.16. The summed E-state index contributed by atoms with van der Waals surface area (Å²) in [5.41, 5.74) is -1.96. The fraction of sp³-hybridized carbons (Fsp3) is 0.744. The second kappa shape index (κ2) is 16.2. The van der Waals surface area contributed by atoms with Gasteiger partial charge in [-0.25, -0.2) is 0 Å². The highest BCUT2D eigenvalue weighted by Gasteiger charge is 2.60. The topological polar surface area (TPSA) is 149 Å². The molecule has 2 saturated carbocycles. The van der Waals surface area contributed by atoms with E-state index in [4.69, 9.17) is 14.2 Å². The Labute approximate surface area is 286 Å². The zero-order chi connectivity index (χ0) is 34.5. The van der Waals surface area contributed by atoms with Crippen LogP contribution >= 0.6 is 0 Å². The second-order valence-corrected chi connectivity index (χ2v) is 15.5. The summed E-state index contributed by atoms with van der Waals surface area (Å²) in [5.74, 6) is 3.83. The van der Waals surface area contributed by atoms with Gasteiger partial charge in [-0.15, -0.1) is 6.58 Å². The van der Waals surface area contributed by atoms with Gasteiger partial charge in [0.05, 0.1) is 11.7 Å². The number of rotatable bonds is 11. The van der Waals surface area contributed by atoms with Gasteiger partial charge in [0.25, 0.3) is 0 Å². The quantitative estimate of drug-likeness (QED) is 0.150. The Morgan fingerprint density at radius 2 is 1.77 bits per heavy atom. The summed E-state index contributed by atoms with van der Waals surface area (Å²) in [7, 11) is 0. The molecule has 5 aliphatic rings. The van der Waals surface area contributed by atoms with E-state index in [1.807, 2.05) is 12.1 Å². The normalized spacial score (nSPS) is 40.0. The fourth-order valence-electron chi connectivity index (χ4n) is 8.89. The van der Waals surface area contributed by atoms with Gasteiger partial charge in [-0.1, -0.05) is 50.8 Å². The summed E-state index contributed by atoms with van der Waals surface area (Å²) in [6, 6.07) is 7.27. The molecule has 48 heavy (non-hydrogen) atoms. The molecular formula is C39H58O9. The molecule has 3 heterocycles. The lowest BCUT2D eigenvalue weighted by Gasteiger charge is -2.53. The molecular weight excluding hydrogens is 612 g/mol. The number of aliphatic hydroxyl groups excluding tert-OH is 4. The lowest BCUT2D eigenvalue weighted by molar-refractivity contribution is -0.334. The van der Waals surface area contributed by atoms with Crippen molar-refractivity contribution in [2.45, 2.75) is 145 Å². The summed E-state index contributed by atoms with van der Waals surface area (Å²) in [5, 5.41) is 69.1. The summed E-state index contributed by atoms with van der Waals surface area (Å²) in [6.07, 6.45) is 5.17. The Morgan fingerprint density at radius 1 is 1.02 bits per heavy atom. The zero-order valence-corrected chi connectivity index (χ0v) is 28.8. The first-order valence-corrected chi connectivity index (χ1v) is 18.2. The molecule has 3 aliphatic heterocycles. The third kappa shape index (κ3) is 8.40. The Kier molecular flexibility index (Phi) is 12.6. The molecule has 12 unspecified atom stereocenters. The second-order valence-electron chi connectivity index (χ2n) is 15.5. The molecule has 0 spiro atoms. The van der Waals surface area contributed by atoms with Gasteiger partial charge in [-0.3, -0.25) is 0 Å². The monoisotopic (exact) mass is 670 g/mol. The van der Waals surface area contributed by atoms with Crippen molar-refractivity contribution in [3.05, 3.63) is 42.5 Å². The molecule has 3 fully saturated rings. The molecule has 6 rings (SSSR count). The van der Waals surface area contributed by atoms with Gasteiger partial charge in [-0.2, -0.15) is 0 Å². The van der Waals surface area contributed by atoms with Crippen LogP contribution in [0.5, 0.6) is 5.75 Å². The first-order chi connectivity index (χ1) is 23.0. The van der Waals surface area contributed by atoms with Gasteiger partial charge in [-0.05, 0) is 111 Å². The Bertz CT molecular complexity index is 1240. The maximum absolute atomic E-state index is 12.5. The molecule has 0 amide bonds. The lowest BCUT2D eigenvalue weighted by atomic mass is 9.58.